The van der Waals surface area contributed by atoms with Crippen molar-refractivity contribution in [1.82, 2.24) is 4.90 Å². The summed E-state index contributed by atoms with van der Waals surface area (Å²) in [4.78, 5) is 27.9. The van der Waals surface area contributed by atoms with Crippen molar-refractivity contribution in [3.8, 4) is 0 Å². The minimum atomic E-state index is -0.586. The van der Waals surface area contributed by atoms with Gasteiger partial charge in [-0.25, -0.2) is 4.39 Å². The molecule has 3 N–H and O–H groups in total. The average molecular weight is 378 g/mol. The number of morpholine rings is 1. The maximum atomic E-state index is 14.5. The van der Waals surface area contributed by atoms with Crippen LogP contribution in [0.3, 0.4) is 0 Å². The Morgan fingerprint density at radius 3 is 2.85 bits per heavy atom. The molecule has 27 heavy (non-hydrogen) atoms. The van der Waals surface area contributed by atoms with Crippen molar-refractivity contribution in [2.24, 2.45) is 11.7 Å². The van der Waals surface area contributed by atoms with Crippen LogP contribution in [0.5, 0.6) is 0 Å². The maximum Gasteiger partial charge on any atom is 0.253 e. The monoisotopic (exact) mass is 378 g/mol. The molecule has 1 aromatic carbocycles. The molecule has 0 aromatic heterocycles. The number of benzene rings is 1. The number of halogens is 1. The van der Waals surface area contributed by atoms with Gasteiger partial charge < -0.3 is 20.7 Å². The Morgan fingerprint density at radius 2 is 2.26 bits per heavy atom. The second-order valence-corrected chi connectivity index (χ2v) is 7.24. The SMILES string of the molecule is CN(CC1CCC1)[C@@H](CN)C(=O)Nc1ccc(N2CCOCC2=O)cc1F. The number of rotatable bonds is 7. The van der Waals surface area contributed by atoms with Gasteiger partial charge in [-0.2, -0.15) is 0 Å². The number of nitrogens with two attached hydrogens (primary N) is 1. The van der Waals surface area contributed by atoms with Crippen LogP contribution in [-0.4, -0.2) is 62.7 Å². The molecule has 1 atom stereocenters. The van der Waals surface area contributed by atoms with E-state index < -0.39 is 11.9 Å². The zero-order valence-electron chi connectivity index (χ0n) is 15.6. The molecule has 1 aliphatic heterocycles. The van der Waals surface area contributed by atoms with E-state index in [2.05, 4.69) is 5.32 Å². The zero-order chi connectivity index (χ0) is 19.4. The van der Waals surface area contributed by atoms with Crippen LogP contribution in [-0.2, 0) is 14.3 Å². The first-order valence-electron chi connectivity index (χ1n) is 9.38. The lowest BCUT2D eigenvalue weighted by atomic mass is 9.85. The Labute approximate surface area is 158 Å². The van der Waals surface area contributed by atoms with E-state index in [0.29, 0.717) is 24.8 Å². The molecule has 0 spiro atoms. The van der Waals surface area contributed by atoms with Gasteiger partial charge in [0.15, 0.2) is 0 Å². The van der Waals surface area contributed by atoms with Gasteiger partial charge in [-0.05, 0) is 44.0 Å². The first-order chi connectivity index (χ1) is 13.0. The van der Waals surface area contributed by atoms with E-state index in [0.717, 1.165) is 6.54 Å². The molecule has 2 aliphatic rings. The van der Waals surface area contributed by atoms with Crippen LogP contribution < -0.4 is 16.0 Å². The largest absolute Gasteiger partial charge is 0.370 e. The van der Waals surface area contributed by atoms with Gasteiger partial charge in [-0.1, -0.05) is 6.42 Å². The highest BCUT2D eigenvalue weighted by atomic mass is 19.1. The fourth-order valence-electron chi connectivity index (χ4n) is 3.48. The molecule has 0 unspecified atom stereocenters. The molecule has 1 aromatic rings. The van der Waals surface area contributed by atoms with Crippen molar-refractivity contribution in [1.29, 1.82) is 0 Å². The van der Waals surface area contributed by atoms with Crippen molar-refractivity contribution in [3.63, 3.8) is 0 Å². The van der Waals surface area contributed by atoms with Crippen LogP contribution in [0.15, 0.2) is 18.2 Å². The molecule has 0 radical (unpaired) electrons. The summed E-state index contributed by atoms with van der Waals surface area (Å²) in [7, 11) is 1.87. The van der Waals surface area contributed by atoms with Crippen LogP contribution in [0.4, 0.5) is 15.8 Å². The fraction of sp³-hybridized carbons (Fsp3) is 0.579. The van der Waals surface area contributed by atoms with Gasteiger partial charge in [0.25, 0.3) is 5.91 Å². The molecular formula is C19H27FN4O3. The number of nitrogens with one attached hydrogen (secondary N) is 1. The number of anilines is 2. The van der Waals surface area contributed by atoms with Crippen LogP contribution in [0.2, 0.25) is 0 Å². The smallest absolute Gasteiger partial charge is 0.253 e. The van der Waals surface area contributed by atoms with E-state index in [1.165, 1.54) is 36.3 Å². The van der Waals surface area contributed by atoms with Gasteiger partial charge in [0.2, 0.25) is 5.91 Å². The molecule has 1 aliphatic carbocycles. The second kappa shape index (κ2) is 8.77. The van der Waals surface area contributed by atoms with Crippen LogP contribution in [0.25, 0.3) is 0 Å². The molecule has 1 saturated carbocycles. The minimum Gasteiger partial charge on any atom is -0.370 e. The van der Waals surface area contributed by atoms with Gasteiger partial charge in [0.05, 0.1) is 12.3 Å². The van der Waals surface area contributed by atoms with Gasteiger partial charge in [-0.15, -0.1) is 0 Å². The molecule has 8 heteroatoms. The lowest BCUT2D eigenvalue weighted by Gasteiger charge is -2.33. The predicted octanol–water partition coefficient (Wildman–Crippen LogP) is 1.19. The molecule has 7 nitrogen and oxygen atoms in total. The third-order valence-electron chi connectivity index (χ3n) is 5.34. The topological polar surface area (TPSA) is 87.9 Å². The van der Waals surface area contributed by atoms with E-state index in [9.17, 15) is 14.0 Å². The van der Waals surface area contributed by atoms with E-state index in [4.69, 9.17) is 10.5 Å². The first kappa shape index (κ1) is 19.7. The Bertz CT molecular complexity index is 696. The van der Waals surface area contributed by atoms with E-state index in [1.807, 2.05) is 11.9 Å². The summed E-state index contributed by atoms with van der Waals surface area (Å²) in [5, 5.41) is 2.63. The molecule has 1 heterocycles. The van der Waals surface area contributed by atoms with E-state index in [1.54, 1.807) is 6.07 Å². The summed E-state index contributed by atoms with van der Waals surface area (Å²) >= 11 is 0. The van der Waals surface area contributed by atoms with E-state index in [-0.39, 0.29) is 30.7 Å². The third-order valence-corrected chi connectivity index (χ3v) is 5.34. The number of nitrogens with zero attached hydrogens (tertiary/aromatic N) is 2. The lowest BCUT2D eigenvalue weighted by molar-refractivity contribution is -0.125. The number of carbonyl (C=O) groups excluding carboxylic acids is 2. The number of ether oxygens (including phenoxy) is 1. The lowest BCUT2D eigenvalue weighted by Crippen LogP contribution is -2.49. The van der Waals surface area contributed by atoms with Crippen LogP contribution in [0.1, 0.15) is 19.3 Å². The minimum absolute atomic E-state index is 0.00832. The van der Waals surface area contributed by atoms with Gasteiger partial charge in [0.1, 0.15) is 18.5 Å². The average Bonchev–Trinajstić information content (AvgIpc) is 2.61. The molecule has 2 amide bonds. The van der Waals surface area contributed by atoms with Crippen molar-refractivity contribution < 1.29 is 18.7 Å². The summed E-state index contributed by atoms with van der Waals surface area (Å²) in [5.74, 6) is -0.511. The van der Waals surface area contributed by atoms with Crippen LogP contribution in [0, 0.1) is 11.7 Å². The molecule has 1 saturated heterocycles. The number of amides is 2. The highest BCUT2D eigenvalue weighted by molar-refractivity contribution is 5.97. The quantitative estimate of drug-likeness (QED) is 0.744. The standard InChI is InChI=1S/C19H27FN4O3/c1-23(11-13-3-2-4-13)17(10-21)19(26)22-16-6-5-14(9-15(16)20)24-7-8-27-12-18(24)25/h5-6,9,13,17H,2-4,7-8,10-12,21H2,1H3,(H,22,26)/t17-/m0/s1. The number of hydrogen-bond acceptors (Lipinski definition) is 5. The van der Waals surface area contributed by atoms with Crippen molar-refractivity contribution in [2.75, 3.05) is 50.1 Å². The second-order valence-electron chi connectivity index (χ2n) is 7.24. The van der Waals surface area contributed by atoms with Crippen molar-refractivity contribution >= 4 is 23.2 Å². The fourth-order valence-corrected chi connectivity index (χ4v) is 3.48. The maximum absolute atomic E-state index is 14.5. The Morgan fingerprint density at radius 1 is 1.48 bits per heavy atom. The Hall–Kier alpha value is -2.03. The number of likely N-dealkylation sites (N-methyl/N-ethyl adjacent to an activating group) is 1. The molecule has 2 fully saturated rings. The number of carbonyl (C=O) groups is 2. The summed E-state index contributed by atoms with van der Waals surface area (Å²) < 4.78 is 19.6. The zero-order valence-corrected chi connectivity index (χ0v) is 15.6. The van der Waals surface area contributed by atoms with Crippen LogP contribution >= 0.6 is 0 Å². The summed E-state index contributed by atoms with van der Waals surface area (Å²) in [6.07, 6.45) is 3.60. The summed E-state index contributed by atoms with van der Waals surface area (Å²) in [6.45, 7) is 1.76. The normalized spacial score (nSPS) is 19.1. The van der Waals surface area contributed by atoms with Crippen molar-refractivity contribution in [3.05, 3.63) is 24.0 Å². The predicted molar refractivity (Wildman–Crippen MR) is 101 cm³/mol. The van der Waals surface area contributed by atoms with E-state index >= 15 is 0 Å². The molecular weight excluding hydrogens is 351 g/mol. The molecule has 0 bridgehead atoms. The summed E-state index contributed by atoms with van der Waals surface area (Å²) in [5.41, 5.74) is 6.32. The highest BCUT2D eigenvalue weighted by Crippen LogP contribution is 2.27. The number of hydrogen-bond donors (Lipinski definition) is 2. The Kier molecular flexibility index (Phi) is 6.41. The molecule has 3 rings (SSSR count). The van der Waals surface area contributed by atoms with Crippen molar-refractivity contribution in [2.45, 2.75) is 25.3 Å². The summed E-state index contributed by atoms with van der Waals surface area (Å²) in [6, 6.07) is 3.85. The van der Waals surface area contributed by atoms with Gasteiger partial charge >= 0.3 is 0 Å². The molecule has 148 valence electrons. The first-order valence-corrected chi connectivity index (χ1v) is 9.38. The highest BCUT2D eigenvalue weighted by Gasteiger charge is 2.27. The van der Waals surface area contributed by atoms with Gasteiger partial charge in [-0.3, -0.25) is 14.5 Å². The third kappa shape index (κ3) is 4.63. The Balaban J connectivity index is 1.64. The van der Waals surface area contributed by atoms with Gasteiger partial charge in [0, 0.05) is 25.3 Å².